The van der Waals surface area contributed by atoms with Crippen LogP contribution in [0.5, 0.6) is 5.75 Å². The van der Waals surface area contributed by atoms with Crippen molar-refractivity contribution < 1.29 is 9.53 Å². The van der Waals surface area contributed by atoms with Gasteiger partial charge in [-0.2, -0.15) is 0 Å². The van der Waals surface area contributed by atoms with Crippen LogP contribution in [0, 0.1) is 10.8 Å². The SMILES string of the molecule is COc1cccc(C(=O)NC(=NCC(C)C)NC(CC(C)c2ccc(Cl)cc2)NN=O)c1. The number of amides is 1. The Kier molecular flexibility index (Phi) is 9.94. The predicted octanol–water partition coefficient (Wildman–Crippen LogP) is 4.47. The number of ether oxygens (including phenoxy) is 1. The van der Waals surface area contributed by atoms with E-state index in [-0.39, 0.29) is 23.7 Å². The van der Waals surface area contributed by atoms with Gasteiger partial charge in [0.2, 0.25) is 0 Å². The molecule has 1 amide bonds. The normalized spacial score (nSPS) is 13.2. The number of hydrogen-bond donors (Lipinski definition) is 3. The number of carbonyl (C=O) groups is 1. The number of aliphatic imine (C=N–C) groups is 1. The Bertz CT molecular complexity index is 918. The number of nitrogens with one attached hydrogen (secondary N) is 3. The van der Waals surface area contributed by atoms with E-state index in [1.807, 2.05) is 45.0 Å². The second-order valence-electron chi connectivity index (χ2n) is 7.87. The van der Waals surface area contributed by atoms with E-state index >= 15 is 0 Å². The van der Waals surface area contributed by atoms with E-state index in [1.54, 1.807) is 31.4 Å². The molecule has 2 aromatic rings. The van der Waals surface area contributed by atoms with Crippen molar-refractivity contribution in [2.45, 2.75) is 39.3 Å². The first kappa shape index (κ1) is 25.1. The van der Waals surface area contributed by atoms with Crippen molar-refractivity contribution in [2.24, 2.45) is 16.2 Å². The van der Waals surface area contributed by atoms with Crippen LogP contribution in [-0.2, 0) is 0 Å². The lowest BCUT2D eigenvalue weighted by Gasteiger charge is -2.23. The van der Waals surface area contributed by atoms with Gasteiger partial charge in [-0.1, -0.05) is 50.6 Å². The maximum Gasteiger partial charge on any atom is 0.258 e. The average Bonchev–Trinajstić information content (AvgIpc) is 2.77. The van der Waals surface area contributed by atoms with Gasteiger partial charge < -0.3 is 10.1 Å². The second-order valence-corrected chi connectivity index (χ2v) is 8.31. The van der Waals surface area contributed by atoms with Gasteiger partial charge in [-0.05, 0) is 54.2 Å². The van der Waals surface area contributed by atoms with Gasteiger partial charge >= 0.3 is 0 Å². The molecule has 32 heavy (non-hydrogen) atoms. The minimum atomic E-state index is -0.547. The molecule has 0 fully saturated rings. The summed E-state index contributed by atoms with van der Waals surface area (Å²) in [5, 5.41) is 9.40. The van der Waals surface area contributed by atoms with Gasteiger partial charge in [0.05, 0.1) is 12.4 Å². The van der Waals surface area contributed by atoms with Crippen LogP contribution in [0.4, 0.5) is 0 Å². The Balaban J connectivity index is 2.15. The molecular formula is C23H30ClN5O3. The Morgan fingerprint density at radius 1 is 1.12 bits per heavy atom. The van der Waals surface area contributed by atoms with Gasteiger partial charge in [0.1, 0.15) is 11.9 Å². The summed E-state index contributed by atoms with van der Waals surface area (Å²) in [4.78, 5) is 28.2. The molecule has 0 heterocycles. The maximum absolute atomic E-state index is 12.8. The fraction of sp³-hybridized carbons (Fsp3) is 0.391. The van der Waals surface area contributed by atoms with Crippen LogP contribution in [0.1, 0.15) is 49.0 Å². The summed E-state index contributed by atoms with van der Waals surface area (Å²) >= 11 is 5.97. The zero-order chi connectivity index (χ0) is 23.5. The van der Waals surface area contributed by atoms with Crippen molar-refractivity contribution in [3.63, 3.8) is 0 Å². The van der Waals surface area contributed by atoms with Gasteiger partial charge in [0.15, 0.2) is 5.96 Å². The summed E-state index contributed by atoms with van der Waals surface area (Å²) < 4.78 is 5.19. The number of hydrogen-bond acceptors (Lipinski definition) is 5. The molecule has 0 aliphatic heterocycles. The summed E-state index contributed by atoms with van der Waals surface area (Å²) in [7, 11) is 1.54. The minimum absolute atomic E-state index is 0.0828. The number of methoxy groups -OCH3 is 1. The van der Waals surface area contributed by atoms with Gasteiger partial charge in [-0.25, -0.2) is 0 Å². The Hall–Kier alpha value is -3.13. The Morgan fingerprint density at radius 3 is 2.47 bits per heavy atom. The molecule has 0 saturated carbocycles. The van der Waals surface area contributed by atoms with Crippen LogP contribution in [0.3, 0.4) is 0 Å². The van der Waals surface area contributed by atoms with E-state index in [9.17, 15) is 9.70 Å². The van der Waals surface area contributed by atoms with E-state index in [0.29, 0.717) is 29.3 Å². The molecule has 8 nitrogen and oxygen atoms in total. The second kappa shape index (κ2) is 12.7. The van der Waals surface area contributed by atoms with Crippen molar-refractivity contribution in [3.8, 4) is 5.75 Å². The van der Waals surface area contributed by atoms with E-state index in [1.165, 1.54) is 0 Å². The highest BCUT2D eigenvalue weighted by Gasteiger charge is 2.18. The fourth-order valence-corrected chi connectivity index (χ4v) is 3.12. The smallest absolute Gasteiger partial charge is 0.258 e. The Morgan fingerprint density at radius 2 is 1.84 bits per heavy atom. The molecule has 172 valence electrons. The summed E-state index contributed by atoms with van der Waals surface area (Å²) in [6, 6.07) is 14.4. The number of nitrogens with zero attached hydrogens (tertiary/aromatic N) is 2. The first-order valence-electron chi connectivity index (χ1n) is 10.4. The zero-order valence-corrected chi connectivity index (χ0v) is 19.5. The number of benzene rings is 2. The van der Waals surface area contributed by atoms with E-state index in [0.717, 1.165) is 5.56 Å². The molecule has 2 rings (SSSR count). The largest absolute Gasteiger partial charge is 0.497 e. The molecule has 0 radical (unpaired) electrons. The highest BCUT2D eigenvalue weighted by atomic mass is 35.5. The summed E-state index contributed by atoms with van der Waals surface area (Å²) in [6.07, 6.45) is -0.0296. The molecule has 0 bridgehead atoms. The number of nitroso groups, excluding NO2 is 1. The molecule has 2 atom stereocenters. The van der Waals surface area contributed by atoms with Crippen LogP contribution in [-0.4, -0.2) is 31.7 Å². The monoisotopic (exact) mass is 459 g/mol. The molecule has 2 unspecified atom stereocenters. The van der Waals surface area contributed by atoms with E-state index in [2.05, 4.69) is 26.3 Å². The molecule has 3 N–H and O–H groups in total. The quantitative estimate of drug-likeness (QED) is 0.160. The number of carbonyl (C=O) groups excluding carboxylic acids is 1. The molecule has 9 heteroatoms. The van der Waals surface area contributed by atoms with Crippen LogP contribution in [0.25, 0.3) is 0 Å². The van der Waals surface area contributed by atoms with Gasteiger partial charge in [0, 0.05) is 17.1 Å². The molecule has 0 saturated heterocycles. The first-order valence-corrected chi connectivity index (χ1v) is 10.8. The van der Waals surface area contributed by atoms with Gasteiger partial charge in [-0.3, -0.25) is 20.5 Å². The Labute approximate surface area is 193 Å². The number of rotatable bonds is 10. The lowest BCUT2D eigenvalue weighted by atomic mass is 9.96. The highest BCUT2D eigenvalue weighted by Crippen LogP contribution is 2.22. The van der Waals surface area contributed by atoms with Crippen molar-refractivity contribution in [1.29, 1.82) is 0 Å². The molecule has 0 aromatic heterocycles. The van der Waals surface area contributed by atoms with E-state index in [4.69, 9.17) is 16.3 Å². The number of guanidine groups is 1. The van der Waals surface area contributed by atoms with Crippen molar-refractivity contribution in [1.82, 2.24) is 16.1 Å². The third kappa shape index (κ3) is 8.19. The third-order valence-electron chi connectivity index (χ3n) is 4.73. The zero-order valence-electron chi connectivity index (χ0n) is 18.8. The van der Waals surface area contributed by atoms with Crippen LogP contribution in [0.15, 0.2) is 58.8 Å². The summed E-state index contributed by atoms with van der Waals surface area (Å²) in [5.41, 5.74) is 4.02. The third-order valence-corrected chi connectivity index (χ3v) is 4.98. The van der Waals surface area contributed by atoms with E-state index < -0.39 is 6.17 Å². The van der Waals surface area contributed by atoms with Crippen LogP contribution >= 0.6 is 11.6 Å². The molecule has 0 spiro atoms. The summed E-state index contributed by atoms with van der Waals surface area (Å²) in [6.45, 7) is 6.57. The maximum atomic E-state index is 12.8. The molecule has 2 aromatic carbocycles. The van der Waals surface area contributed by atoms with Crippen molar-refractivity contribution in [3.05, 3.63) is 69.6 Å². The van der Waals surface area contributed by atoms with Crippen molar-refractivity contribution in [2.75, 3.05) is 13.7 Å². The van der Waals surface area contributed by atoms with Crippen LogP contribution < -0.4 is 20.8 Å². The van der Waals surface area contributed by atoms with Gasteiger partial charge in [-0.15, -0.1) is 4.91 Å². The standard InChI is InChI=1S/C23H30ClN5O3/c1-15(2)14-25-23(27-22(30)18-6-5-7-20(13-18)32-4)26-21(28-29-31)12-16(3)17-8-10-19(24)11-9-17/h5-11,13,15-16,21H,12,14H2,1-4H3,(H,28,31)(H2,25,26,27,30). The topological polar surface area (TPSA) is 104 Å². The first-order chi connectivity index (χ1) is 15.3. The minimum Gasteiger partial charge on any atom is -0.497 e. The molecular weight excluding hydrogens is 430 g/mol. The average molecular weight is 460 g/mol. The highest BCUT2D eigenvalue weighted by molar-refractivity contribution is 6.30. The number of halogens is 1. The fourth-order valence-electron chi connectivity index (χ4n) is 2.99. The summed E-state index contributed by atoms with van der Waals surface area (Å²) in [5.74, 6) is 0.856. The lowest BCUT2D eigenvalue weighted by molar-refractivity contribution is 0.0975. The van der Waals surface area contributed by atoms with Crippen LogP contribution in [0.2, 0.25) is 5.02 Å². The molecule has 0 aliphatic rings. The predicted molar refractivity (Wildman–Crippen MR) is 128 cm³/mol. The molecule has 0 aliphatic carbocycles. The van der Waals surface area contributed by atoms with Crippen molar-refractivity contribution >= 4 is 23.5 Å². The lowest BCUT2D eigenvalue weighted by Crippen LogP contribution is -2.50. The van der Waals surface area contributed by atoms with Gasteiger partial charge in [0.25, 0.3) is 5.91 Å².